The Labute approximate surface area is 97.3 Å². The first kappa shape index (κ1) is 11.1. The molecule has 0 bridgehead atoms. The summed E-state index contributed by atoms with van der Waals surface area (Å²) in [4.78, 5) is 24.2. The van der Waals surface area contributed by atoms with Crippen LogP contribution in [0.5, 0.6) is 0 Å². The number of carboxylic acids is 1. The van der Waals surface area contributed by atoms with Crippen LogP contribution in [-0.4, -0.2) is 23.0 Å². The standard InChI is InChI=1S/C11H13NO3S/c1-6(11(14)15)12-10(13)9-5-7-3-2-4-8(7)16-9/h5-6H,2-4H2,1H3,(H,12,13)(H,14,15)/t6-/m0/s1. The predicted molar refractivity (Wildman–Crippen MR) is 60.9 cm³/mol. The van der Waals surface area contributed by atoms with Gasteiger partial charge in [-0.05, 0) is 37.8 Å². The largest absolute Gasteiger partial charge is 0.480 e. The normalized spacial score (nSPS) is 15.6. The Balaban J connectivity index is 2.07. The Kier molecular flexibility index (Phi) is 2.96. The SMILES string of the molecule is C[C@H](NC(=O)c1cc2c(s1)CCC2)C(=O)O. The molecule has 0 unspecified atom stereocenters. The number of thiophene rings is 1. The van der Waals surface area contributed by atoms with Crippen LogP contribution in [0.3, 0.4) is 0 Å². The molecule has 4 nitrogen and oxygen atoms in total. The van der Waals surface area contributed by atoms with E-state index in [2.05, 4.69) is 5.32 Å². The number of fused-ring (bicyclic) bond motifs is 1. The molecule has 2 rings (SSSR count). The topological polar surface area (TPSA) is 66.4 Å². The van der Waals surface area contributed by atoms with Gasteiger partial charge in [0.05, 0.1) is 4.88 Å². The summed E-state index contributed by atoms with van der Waals surface area (Å²) in [5.41, 5.74) is 1.25. The summed E-state index contributed by atoms with van der Waals surface area (Å²) in [7, 11) is 0. The van der Waals surface area contributed by atoms with Crippen molar-refractivity contribution in [3.8, 4) is 0 Å². The van der Waals surface area contributed by atoms with Crippen molar-refractivity contribution in [2.45, 2.75) is 32.2 Å². The molecule has 0 fully saturated rings. The first-order chi connectivity index (χ1) is 7.58. The van der Waals surface area contributed by atoms with Crippen LogP contribution in [0.4, 0.5) is 0 Å². The van der Waals surface area contributed by atoms with Gasteiger partial charge in [-0.25, -0.2) is 0 Å². The van der Waals surface area contributed by atoms with Crippen LogP contribution in [0, 0.1) is 0 Å². The second-order valence-corrected chi connectivity index (χ2v) is 5.08. The number of carbonyl (C=O) groups excluding carboxylic acids is 1. The highest BCUT2D eigenvalue weighted by atomic mass is 32.1. The summed E-state index contributed by atoms with van der Waals surface area (Å²) in [6.07, 6.45) is 3.24. The van der Waals surface area contributed by atoms with Gasteiger partial charge in [0.1, 0.15) is 6.04 Å². The Hall–Kier alpha value is -1.36. The molecule has 86 valence electrons. The van der Waals surface area contributed by atoms with Gasteiger partial charge in [0.2, 0.25) is 0 Å². The molecule has 0 saturated carbocycles. The van der Waals surface area contributed by atoms with Crippen molar-refractivity contribution in [3.05, 3.63) is 21.4 Å². The second-order valence-electron chi connectivity index (χ2n) is 3.95. The molecule has 1 atom stereocenters. The molecule has 0 aromatic carbocycles. The number of hydrogen-bond acceptors (Lipinski definition) is 3. The molecule has 5 heteroatoms. The van der Waals surface area contributed by atoms with E-state index in [9.17, 15) is 9.59 Å². The van der Waals surface area contributed by atoms with E-state index < -0.39 is 12.0 Å². The molecule has 1 amide bonds. The third kappa shape index (κ3) is 2.09. The van der Waals surface area contributed by atoms with Gasteiger partial charge in [-0.3, -0.25) is 9.59 Å². The van der Waals surface area contributed by atoms with Crippen LogP contribution < -0.4 is 5.32 Å². The molecule has 0 aliphatic heterocycles. The molecule has 16 heavy (non-hydrogen) atoms. The van der Waals surface area contributed by atoms with Crippen molar-refractivity contribution in [2.75, 3.05) is 0 Å². The highest BCUT2D eigenvalue weighted by Crippen LogP contribution is 2.30. The van der Waals surface area contributed by atoms with Crippen LogP contribution in [0.1, 0.15) is 33.5 Å². The predicted octanol–water partition coefficient (Wildman–Crippen LogP) is 1.44. The van der Waals surface area contributed by atoms with Gasteiger partial charge < -0.3 is 10.4 Å². The van der Waals surface area contributed by atoms with Crippen molar-refractivity contribution < 1.29 is 14.7 Å². The summed E-state index contributed by atoms with van der Waals surface area (Å²) in [5.74, 6) is -1.30. The third-order valence-corrected chi connectivity index (χ3v) is 3.92. The lowest BCUT2D eigenvalue weighted by molar-refractivity contribution is -0.138. The van der Waals surface area contributed by atoms with Crippen LogP contribution >= 0.6 is 11.3 Å². The minimum atomic E-state index is -1.02. The summed E-state index contributed by atoms with van der Waals surface area (Å²) in [6.45, 7) is 1.46. The fourth-order valence-corrected chi connectivity index (χ4v) is 2.93. The van der Waals surface area contributed by atoms with Crippen molar-refractivity contribution in [3.63, 3.8) is 0 Å². The van der Waals surface area contributed by atoms with Crippen LogP contribution in [0.25, 0.3) is 0 Å². The Morgan fingerprint density at radius 2 is 2.25 bits per heavy atom. The van der Waals surface area contributed by atoms with E-state index in [1.165, 1.54) is 28.7 Å². The molecule has 1 heterocycles. The zero-order chi connectivity index (χ0) is 11.7. The monoisotopic (exact) mass is 239 g/mol. The Morgan fingerprint density at radius 1 is 1.50 bits per heavy atom. The van der Waals surface area contributed by atoms with E-state index >= 15 is 0 Å². The number of carbonyl (C=O) groups is 2. The minimum absolute atomic E-state index is 0.283. The number of carboxylic acid groups (broad SMARTS) is 1. The maximum absolute atomic E-state index is 11.7. The summed E-state index contributed by atoms with van der Waals surface area (Å²) in [5, 5.41) is 11.1. The van der Waals surface area contributed by atoms with E-state index in [1.807, 2.05) is 6.07 Å². The lowest BCUT2D eigenvalue weighted by atomic mass is 10.2. The van der Waals surface area contributed by atoms with Gasteiger partial charge in [-0.15, -0.1) is 11.3 Å². The van der Waals surface area contributed by atoms with Crippen LogP contribution in [-0.2, 0) is 17.6 Å². The molecule has 0 spiro atoms. The Bertz CT molecular complexity index is 417. The first-order valence-electron chi connectivity index (χ1n) is 5.23. The molecule has 0 saturated heterocycles. The van der Waals surface area contributed by atoms with Gasteiger partial charge in [0.25, 0.3) is 5.91 Å². The number of nitrogens with one attached hydrogen (secondary N) is 1. The van der Waals surface area contributed by atoms with Gasteiger partial charge in [0, 0.05) is 4.88 Å². The third-order valence-electron chi connectivity index (χ3n) is 2.69. The number of aryl methyl sites for hydroxylation is 2. The van der Waals surface area contributed by atoms with Crippen LogP contribution in [0.2, 0.25) is 0 Å². The lowest BCUT2D eigenvalue weighted by Gasteiger charge is -2.07. The van der Waals surface area contributed by atoms with Gasteiger partial charge >= 0.3 is 5.97 Å². The molecule has 1 aromatic heterocycles. The number of rotatable bonds is 3. The molecule has 1 aliphatic rings. The Morgan fingerprint density at radius 3 is 2.88 bits per heavy atom. The molecular weight excluding hydrogens is 226 g/mol. The average molecular weight is 239 g/mol. The molecule has 2 N–H and O–H groups in total. The number of amides is 1. The fraction of sp³-hybridized carbons (Fsp3) is 0.455. The van der Waals surface area contributed by atoms with E-state index in [1.54, 1.807) is 0 Å². The average Bonchev–Trinajstić information content (AvgIpc) is 2.75. The van der Waals surface area contributed by atoms with E-state index in [4.69, 9.17) is 5.11 Å². The van der Waals surface area contributed by atoms with E-state index in [-0.39, 0.29) is 5.91 Å². The van der Waals surface area contributed by atoms with Crippen molar-refractivity contribution in [2.24, 2.45) is 0 Å². The molecule has 1 aromatic rings. The molecule has 1 aliphatic carbocycles. The lowest BCUT2D eigenvalue weighted by Crippen LogP contribution is -2.37. The van der Waals surface area contributed by atoms with Crippen LogP contribution in [0.15, 0.2) is 6.07 Å². The maximum Gasteiger partial charge on any atom is 0.325 e. The molecule has 0 radical (unpaired) electrons. The highest BCUT2D eigenvalue weighted by molar-refractivity contribution is 7.14. The van der Waals surface area contributed by atoms with Crippen molar-refractivity contribution >= 4 is 23.2 Å². The van der Waals surface area contributed by atoms with Crippen molar-refractivity contribution in [1.82, 2.24) is 5.32 Å². The summed E-state index contributed by atoms with van der Waals surface area (Å²) in [6, 6.07) is 1.04. The fourth-order valence-electron chi connectivity index (χ4n) is 1.77. The minimum Gasteiger partial charge on any atom is -0.480 e. The molecular formula is C11H13NO3S. The summed E-state index contributed by atoms with van der Waals surface area (Å²) >= 11 is 1.48. The zero-order valence-corrected chi connectivity index (χ0v) is 9.76. The van der Waals surface area contributed by atoms with Gasteiger partial charge in [-0.2, -0.15) is 0 Å². The smallest absolute Gasteiger partial charge is 0.325 e. The maximum atomic E-state index is 11.7. The number of hydrogen-bond donors (Lipinski definition) is 2. The van der Waals surface area contributed by atoms with Crippen molar-refractivity contribution in [1.29, 1.82) is 0 Å². The first-order valence-corrected chi connectivity index (χ1v) is 6.05. The summed E-state index contributed by atoms with van der Waals surface area (Å²) < 4.78 is 0. The quantitative estimate of drug-likeness (QED) is 0.838. The van der Waals surface area contributed by atoms with E-state index in [0.717, 1.165) is 19.3 Å². The van der Waals surface area contributed by atoms with E-state index in [0.29, 0.717) is 4.88 Å². The second kappa shape index (κ2) is 4.25. The van der Waals surface area contributed by atoms with Gasteiger partial charge in [-0.1, -0.05) is 0 Å². The van der Waals surface area contributed by atoms with Gasteiger partial charge in [0.15, 0.2) is 0 Å². The zero-order valence-electron chi connectivity index (χ0n) is 8.95. The number of aliphatic carboxylic acids is 1. The highest BCUT2D eigenvalue weighted by Gasteiger charge is 2.20.